The van der Waals surface area contributed by atoms with Gasteiger partial charge in [0.05, 0.1) is 28.8 Å². The Balaban J connectivity index is 1.45. The molecule has 2 fully saturated rings. The van der Waals surface area contributed by atoms with Gasteiger partial charge in [-0.05, 0) is 40.2 Å². The molecule has 0 spiro atoms. The second kappa shape index (κ2) is 7.67. The molecule has 2 saturated heterocycles. The number of nitrogens with two attached hydrogens (primary N) is 1. The number of hydrogen-bond donors (Lipinski definition) is 2. The molecule has 8 nitrogen and oxygen atoms in total. The number of rotatable bonds is 5. The molecule has 0 saturated carbocycles. The third-order valence-corrected chi connectivity index (χ3v) is 6.41. The molecular formula is C16H19BrN4O4S. The Hall–Kier alpha value is -1.43. The van der Waals surface area contributed by atoms with Crippen molar-refractivity contribution in [3.8, 4) is 5.88 Å². The van der Waals surface area contributed by atoms with Crippen molar-refractivity contribution in [1.82, 2.24) is 9.97 Å². The van der Waals surface area contributed by atoms with Crippen LogP contribution in [0.1, 0.15) is 12.8 Å². The summed E-state index contributed by atoms with van der Waals surface area (Å²) >= 11 is 3.44. The van der Waals surface area contributed by atoms with Gasteiger partial charge >= 0.3 is 0 Å². The van der Waals surface area contributed by atoms with E-state index in [2.05, 4.69) is 31.2 Å². The molecule has 2 aromatic rings. The van der Waals surface area contributed by atoms with Crippen molar-refractivity contribution in [2.75, 3.05) is 25.3 Å². The Morgan fingerprint density at radius 2 is 1.92 bits per heavy atom. The number of anilines is 2. The minimum Gasteiger partial charge on any atom is -0.473 e. The Morgan fingerprint density at radius 1 is 1.19 bits per heavy atom. The van der Waals surface area contributed by atoms with Gasteiger partial charge in [-0.15, -0.1) is 10.8 Å². The lowest BCUT2D eigenvalue weighted by Gasteiger charge is -2.45. The van der Waals surface area contributed by atoms with E-state index in [0.29, 0.717) is 25.0 Å². The van der Waals surface area contributed by atoms with Crippen molar-refractivity contribution in [3.63, 3.8) is 0 Å². The van der Waals surface area contributed by atoms with Gasteiger partial charge in [-0.2, -0.15) is 4.98 Å². The second-order valence-corrected chi connectivity index (χ2v) is 8.71. The van der Waals surface area contributed by atoms with Gasteiger partial charge < -0.3 is 14.8 Å². The lowest BCUT2D eigenvalue weighted by molar-refractivity contribution is 0.0234. The molecule has 0 radical (unpaired) electrons. The van der Waals surface area contributed by atoms with E-state index < -0.39 is 10.8 Å². The molecule has 0 amide bonds. The van der Waals surface area contributed by atoms with Gasteiger partial charge in [0, 0.05) is 18.5 Å². The molecule has 2 aliphatic heterocycles. The van der Waals surface area contributed by atoms with Crippen molar-refractivity contribution in [1.29, 1.82) is 0 Å². The normalized spacial score (nSPS) is 20.8. The molecule has 3 N–H and O–H groups in total. The Bertz CT molecular complexity index is 769. The van der Waals surface area contributed by atoms with Crippen LogP contribution >= 0.6 is 26.7 Å². The summed E-state index contributed by atoms with van der Waals surface area (Å²) < 4.78 is 22.7. The van der Waals surface area contributed by atoms with Crippen LogP contribution in [-0.2, 0) is 13.1 Å². The third kappa shape index (κ3) is 3.95. The highest BCUT2D eigenvalue weighted by molar-refractivity contribution is 9.10. The SMILES string of the molecule is NS1(c2ccc(Nc3ncc(Br)c(OC4CCOCC4)n3)cc2)OCO1. The average Bonchev–Trinajstić information content (AvgIpc) is 2.64. The van der Waals surface area contributed by atoms with Gasteiger partial charge in [0.1, 0.15) is 6.10 Å². The van der Waals surface area contributed by atoms with Gasteiger partial charge in [-0.3, -0.25) is 0 Å². The van der Waals surface area contributed by atoms with Crippen LogP contribution in [-0.4, -0.2) is 36.1 Å². The number of aromatic nitrogens is 2. The first-order valence-electron chi connectivity index (χ1n) is 8.16. The van der Waals surface area contributed by atoms with Crippen molar-refractivity contribution in [2.45, 2.75) is 23.8 Å². The fourth-order valence-corrected chi connectivity index (χ4v) is 3.97. The first-order valence-corrected chi connectivity index (χ1v) is 10.5. The third-order valence-electron chi connectivity index (χ3n) is 4.04. The fraction of sp³-hybridized carbons (Fsp3) is 0.375. The van der Waals surface area contributed by atoms with Crippen LogP contribution in [0.4, 0.5) is 11.6 Å². The number of benzene rings is 1. The summed E-state index contributed by atoms with van der Waals surface area (Å²) in [5, 5.41) is 9.18. The second-order valence-electron chi connectivity index (χ2n) is 5.82. The van der Waals surface area contributed by atoms with Crippen molar-refractivity contribution in [2.24, 2.45) is 5.14 Å². The summed E-state index contributed by atoms with van der Waals surface area (Å²) in [5.41, 5.74) is 0.829. The molecule has 0 bridgehead atoms. The maximum atomic E-state index is 6.02. The first-order chi connectivity index (χ1) is 12.6. The van der Waals surface area contributed by atoms with Crippen molar-refractivity contribution >= 4 is 38.3 Å². The molecule has 4 rings (SSSR count). The van der Waals surface area contributed by atoms with Gasteiger partial charge in [-0.1, -0.05) is 0 Å². The standard InChI is InChI=1S/C16H19BrN4O4S/c17-14-9-19-16(21-15(14)25-12-5-7-22-8-6-12)20-11-1-3-13(4-2-11)26(18)23-10-24-26/h1-4,9,12H,5-8,10,18H2,(H,19,20,21). The van der Waals surface area contributed by atoms with Gasteiger partial charge in [0.15, 0.2) is 6.79 Å². The molecule has 0 atom stereocenters. The van der Waals surface area contributed by atoms with Gasteiger partial charge in [-0.25, -0.2) is 18.5 Å². The minimum absolute atomic E-state index is 0.105. The summed E-state index contributed by atoms with van der Waals surface area (Å²) in [7, 11) is -2.03. The lowest BCUT2D eigenvalue weighted by Crippen LogP contribution is -2.28. The quantitative estimate of drug-likeness (QED) is 0.725. The van der Waals surface area contributed by atoms with Crippen LogP contribution in [0.15, 0.2) is 39.8 Å². The lowest BCUT2D eigenvalue weighted by atomic mass is 10.2. The zero-order valence-electron chi connectivity index (χ0n) is 13.9. The summed E-state index contributed by atoms with van der Waals surface area (Å²) in [5.74, 6) is 0.974. The number of hydrogen-bond acceptors (Lipinski definition) is 8. The highest BCUT2D eigenvalue weighted by atomic mass is 79.9. The number of halogens is 1. The molecule has 2 aliphatic rings. The molecule has 3 heterocycles. The van der Waals surface area contributed by atoms with Crippen LogP contribution in [0.25, 0.3) is 0 Å². The van der Waals surface area contributed by atoms with E-state index in [4.69, 9.17) is 23.0 Å². The molecule has 26 heavy (non-hydrogen) atoms. The van der Waals surface area contributed by atoms with Crippen LogP contribution in [0.5, 0.6) is 5.88 Å². The molecule has 1 aromatic carbocycles. The van der Waals surface area contributed by atoms with Crippen molar-refractivity contribution < 1.29 is 17.8 Å². The number of nitrogens with one attached hydrogen (secondary N) is 1. The summed E-state index contributed by atoms with van der Waals surface area (Å²) in [6, 6.07) is 7.50. The zero-order chi connectivity index (χ0) is 18.0. The van der Waals surface area contributed by atoms with Crippen LogP contribution in [0.3, 0.4) is 0 Å². The largest absolute Gasteiger partial charge is 0.473 e. The van der Waals surface area contributed by atoms with E-state index in [9.17, 15) is 0 Å². The predicted octanol–water partition coefficient (Wildman–Crippen LogP) is 3.41. The monoisotopic (exact) mass is 442 g/mol. The highest BCUT2D eigenvalue weighted by Gasteiger charge is 2.28. The predicted molar refractivity (Wildman–Crippen MR) is 101 cm³/mol. The van der Waals surface area contributed by atoms with Gasteiger partial charge in [0.2, 0.25) is 11.8 Å². The van der Waals surface area contributed by atoms with E-state index in [1.54, 1.807) is 6.20 Å². The van der Waals surface area contributed by atoms with E-state index in [1.807, 2.05) is 24.3 Å². The Kier molecular flexibility index (Phi) is 5.30. The Labute approximate surface area is 161 Å². The molecule has 140 valence electrons. The zero-order valence-corrected chi connectivity index (χ0v) is 16.3. The molecule has 10 heteroatoms. The van der Waals surface area contributed by atoms with E-state index in [0.717, 1.165) is 27.9 Å². The Morgan fingerprint density at radius 3 is 2.58 bits per heavy atom. The highest BCUT2D eigenvalue weighted by Crippen LogP contribution is 2.57. The maximum absolute atomic E-state index is 6.02. The van der Waals surface area contributed by atoms with Gasteiger partial charge in [0.25, 0.3) is 0 Å². The molecular weight excluding hydrogens is 424 g/mol. The average molecular weight is 443 g/mol. The molecule has 0 aliphatic carbocycles. The smallest absolute Gasteiger partial charge is 0.233 e. The summed E-state index contributed by atoms with van der Waals surface area (Å²) in [6.45, 7) is 1.67. The minimum atomic E-state index is -2.03. The fourth-order valence-electron chi connectivity index (χ4n) is 2.59. The van der Waals surface area contributed by atoms with E-state index in [1.165, 1.54) is 0 Å². The van der Waals surface area contributed by atoms with Crippen LogP contribution in [0, 0.1) is 0 Å². The van der Waals surface area contributed by atoms with Crippen molar-refractivity contribution in [3.05, 3.63) is 34.9 Å². The molecule has 1 aromatic heterocycles. The van der Waals surface area contributed by atoms with E-state index in [-0.39, 0.29) is 12.9 Å². The molecule has 0 unspecified atom stereocenters. The topological polar surface area (TPSA) is 101 Å². The number of ether oxygens (including phenoxy) is 2. The summed E-state index contributed by atoms with van der Waals surface area (Å²) in [4.78, 5) is 9.57. The maximum Gasteiger partial charge on any atom is 0.233 e. The van der Waals surface area contributed by atoms with Crippen LogP contribution < -0.4 is 15.2 Å². The first kappa shape index (κ1) is 18.0. The van der Waals surface area contributed by atoms with Crippen LogP contribution in [0.2, 0.25) is 0 Å². The van der Waals surface area contributed by atoms with E-state index >= 15 is 0 Å². The summed E-state index contributed by atoms with van der Waals surface area (Å²) in [6.07, 6.45) is 3.49. The number of nitrogens with zero attached hydrogens (tertiary/aromatic N) is 2.